The minimum Gasteiger partial charge on any atom is -0.493 e. The number of ether oxygens (including phenoxy) is 4. The Labute approximate surface area is 230 Å². The van der Waals surface area contributed by atoms with Gasteiger partial charge in [-0.3, -0.25) is 9.59 Å². The highest BCUT2D eigenvalue weighted by Gasteiger charge is 2.16. The fourth-order valence-corrected chi connectivity index (χ4v) is 3.83. The summed E-state index contributed by atoms with van der Waals surface area (Å²) in [7, 11) is 2.83. The van der Waals surface area contributed by atoms with Crippen LogP contribution in [0.4, 0.5) is 0 Å². The number of aromatic carboxylic acids is 2. The zero-order chi connectivity index (χ0) is 28.1. The molecule has 4 aromatic rings. The molecule has 0 saturated heterocycles. The zero-order valence-corrected chi connectivity index (χ0v) is 22.0. The summed E-state index contributed by atoms with van der Waals surface area (Å²) in [4.78, 5) is 46.9. The van der Waals surface area contributed by atoms with Gasteiger partial charge in [0.2, 0.25) is 11.5 Å². The molecule has 6 N–H and O–H groups in total. The summed E-state index contributed by atoms with van der Waals surface area (Å²) in [6.45, 7) is 0.624. The molecule has 2 aromatic heterocycles. The summed E-state index contributed by atoms with van der Waals surface area (Å²) >= 11 is 0. The third kappa shape index (κ3) is 7.12. The number of hydrogen-bond donors (Lipinski definition) is 2. The van der Waals surface area contributed by atoms with Crippen molar-refractivity contribution in [1.29, 1.82) is 0 Å². The Bertz CT molecular complexity index is 1540. The molecule has 0 aliphatic rings. The molecule has 0 atom stereocenters. The van der Waals surface area contributed by atoms with Crippen molar-refractivity contribution in [3.8, 4) is 23.0 Å². The molecule has 0 bridgehead atoms. The summed E-state index contributed by atoms with van der Waals surface area (Å²) in [5.41, 5.74) is -0.874. The normalized spacial score (nSPS) is 10.4. The summed E-state index contributed by atoms with van der Waals surface area (Å²) in [5.74, 6) is -2.41. The number of unbranched alkanes of at least 4 members (excludes halogenated alkanes) is 2. The second-order valence-corrected chi connectivity index (χ2v) is 8.32. The molecule has 0 aliphatic heterocycles. The first-order valence-electron chi connectivity index (χ1n) is 11.8. The molecule has 0 saturated carbocycles. The molecule has 220 valence electrons. The van der Waals surface area contributed by atoms with Crippen LogP contribution in [-0.4, -0.2) is 60.5 Å². The average Bonchev–Trinajstić information content (AvgIpc) is 2.91. The maximum absolute atomic E-state index is 12.3. The van der Waals surface area contributed by atoms with E-state index in [4.69, 9.17) is 38.0 Å². The van der Waals surface area contributed by atoms with Crippen LogP contribution >= 0.6 is 0 Å². The topological polar surface area (TPSA) is 235 Å². The highest BCUT2D eigenvalue weighted by molar-refractivity contribution is 5.89. The van der Waals surface area contributed by atoms with Crippen molar-refractivity contribution in [2.45, 2.75) is 19.3 Å². The van der Waals surface area contributed by atoms with E-state index in [1.807, 2.05) is 0 Å². The van der Waals surface area contributed by atoms with Gasteiger partial charge in [0.25, 0.3) is 0 Å². The maximum atomic E-state index is 12.3. The number of carboxylic acids is 2. The Morgan fingerprint density at radius 1 is 0.634 bits per heavy atom. The maximum Gasteiger partial charge on any atom is 0.371 e. The molecule has 2 heterocycles. The molecule has 14 heteroatoms. The monoisotopic (exact) mass is 576 g/mol. The molecule has 14 nitrogen and oxygen atoms in total. The molecule has 0 spiro atoms. The first-order valence-corrected chi connectivity index (χ1v) is 11.8. The second-order valence-electron chi connectivity index (χ2n) is 8.32. The fourth-order valence-electron chi connectivity index (χ4n) is 3.83. The largest absolute Gasteiger partial charge is 0.493 e. The van der Waals surface area contributed by atoms with Crippen LogP contribution in [0.1, 0.15) is 40.4 Å². The van der Waals surface area contributed by atoms with Gasteiger partial charge < -0.3 is 48.9 Å². The summed E-state index contributed by atoms with van der Waals surface area (Å²) in [6.07, 6.45) is 2.01. The number of hydrogen-bond acceptors (Lipinski definition) is 10. The molecule has 41 heavy (non-hydrogen) atoms. The van der Waals surface area contributed by atoms with E-state index in [0.717, 1.165) is 18.6 Å². The fraction of sp³-hybridized carbons (Fsp3) is 0.259. The van der Waals surface area contributed by atoms with Crippen molar-refractivity contribution in [1.82, 2.24) is 0 Å². The Hall–Kier alpha value is -5.08. The van der Waals surface area contributed by atoms with E-state index < -0.39 is 34.3 Å². The Morgan fingerprint density at radius 2 is 1.02 bits per heavy atom. The smallest absolute Gasteiger partial charge is 0.371 e. The van der Waals surface area contributed by atoms with E-state index in [9.17, 15) is 19.2 Å². The van der Waals surface area contributed by atoms with Crippen LogP contribution in [0.5, 0.6) is 23.0 Å². The van der Waals surface area contributed by atoms with Crippen molar-refractivity contribution in [2.24, 2.45) is 0 Å². The number of carboxylic acid groups (broad SMARTS) is 2. The van der Waals surface area contributed by atoms with Crippen molar-refractivity contribution in [2.75, 3.05) is 27.4 Å². The molecule has 2 aromatic carbocycles. The lowest BCUT2D eigenvalue weighted by molar-refractivity contribution is 0.0653. The quantitative estimate of drug-likeness (QED) is 0.231. The number of carbonyl (C=O) groups is 2. The summed E-state index contributed by atoms with van der Waals surface area (Å²) in [6, 6.07) is 7.54. The summed E-state index contributed by atoms with van der Waals surface area (Å²) < 4.78 is 32.7. The van der Waals surface area contributed by atoms with Gasteiger partial charge in [-0.25, -0.2) is 9.59 Å². The van der Waals surface area contributed by atoms with Gasteiger partial charge in [-0.1, -0.05) is 0 Å². The van der Waals surface area contributed by atoms with Crippen LogP contribution in [0.3, 0.4) is 0 Å². The Morgan fingerprint density at radius 3 is 1.37 bits per heavy atom. The minimum absolute atomic E-state index is 0. The van der Waals surface area contributed by atoms with Crippen LogP contribution in [-0.2, 0) is 0 Å². The predicted molar refractivity (Wildman–Crippen MR) is 144 cm³/mol. The molecular formula is C27H28O14. The van der Waals surface area contributed by atoms with Gasteiger partial charge in [0.15, 0.2) is 33.9 Å². The average molecular weight is 577 g/mol. The molecule has 0 aliphatic carbocycles. The molecule has 0 unspecified atom stereocenters. The highest BCUT2D eigenvalue weighted by atomic mass is 16.5. The lowest BCUT2D eigenvalue weighted by atomic mass is 10.2. The van der Waals surface area contributed by atoms with Gasteiger partial charge in [0.05, 0.1) is 38.2 Å². The number of benzene rings is 2. The minimum atomic E-state index is -1.35. The van der Waals surface area contributed by atoms with Crippen molar-refractivity contribution >= 4 is 33.9 Å². The van der Waals surface area contributed by atoms with Gasteiger partial charge in [-0.05, 0) is 31.4 Å². The van der Waals surface area contributed by atoms with Crippen LogP contribution in [0.2, 0.25) is 0 Å². The van der Waals surface area contributed by atoms with Crippen LogP contribution in [0.15, 0.2) is 54.8 Å². The molecule has 0 radical (unpaired) electrons. The van der Waals surface area contributed by atoms with E-state index >= 15 is 0 Å². The standard InChI is InChI=1S/C27H24O12.2H2O/c1-34-20-12-18-14(16(28)10-24(38-18)26(30)31)8-22(20)36-6-4-3-5-7-37-23-9-15-17(29)11-25(27(32)33)39-19(15)13-21(23)35-2;;/h8-13H,3-7H2,1-2H3,(H,30,31)(H,32,33);2*1H2. The molecule has 4 rings (SSSR count). The first-order chi connectivity index (χ1) is 18.7. The number of rotatable bonds is 12. The van der Waals surface area contributed by atoms with Gasteiger partial charge in [-0.15, -0.1) is 0 Å². The SMILES string of the molecule is COc1cc2oc(C(=O)O)cc(=O)c2cc1OCCCCCOc1cc2c(=O)cc(C(=O)O)oc2cc1OC.O.O. The van der Waals surface area contributed by atoms with Gasteiger partial charge >= 0.3 is 11.9 Å². The van der Waals surface area contributed by atoms with Gasteiger partial charge in [-0.2, -0.15) is 0 Å². The van der Waals surface area contributed by atoms with E-state index in [0.29, 0.717) is 49.1 Å². The summed E-state index contributed by atoms with van der Waals surface area (Å²) in [5, 5.41) is 18.5. The highest BCUT2D eigenvalue weighted by Crippen LogP contribution is 2.33. The van der Waals surface area contributed by atoms with Crippen LogP contribution in [0, 0.1) is 0 Å². The lowest BCUT2D eigenvalue weighted by Gasteiger charge is -2.13. The van der Waals surface area contributed by atoms with E-state index in [1.165, 1.54) is 38.5 Å². The van der Waals surface area contributed by atoms with Crippen LogP contribution in [0.25, 0.3) is 21.9 Å². The molecule has 0 amide bonds. The first kappa shape index (κ1) is 32.1. The van der Waals surface area contributed by atoms with Crippen LogP contribution < -0.4 is 29.8 Å². The predicted octanol–water partition coefficient (Wildman–Crippen LogP) is 2.29. The van der Waals surface area contributed by atoms with Gasteiger partial charge in [0, 0.05) is 24.3 Å². The number of fused-ring (bicyclic) bond motifs is 2. The molecule has 0 fully saturated rings. The Balaban J connectivity index is 0.00000294. The third-order valence-electron chi connectivity index (χ3n) is 5.75. The van der Waals surface area contributed by atoms with E-state index in [-0.39, 0.29) is 32.9 Å². The van der Waals surface area contributed by atoms with E-state index in [2.05, 4.69) is 0 Å². The number of methoxy groups -OCH3 is 2. The van der Waals surface area contributed by atoms with Crippen molar-refractivity contribution < 1.29 is 58.5 Å². The lowest BCUT2D eigenvalue weighted by Crippen LogP contribution is -2.08. The van der Waals surface area contributed by atoms with E-state index in [1.54, 1.807) is 0 Å². The second kappa shape index (κ2) is 13.8. The van der Waals surface area contributed by atoms with Crippen molar-refractivity contribution in [3.05, 3.63) is 68.4 Å². The molecular weight excluding hydrogens is 548 g/mol. The zero-order valence-electron chi connectivity index (χ0n) is 22.0. The Kier molecular flexibility index (Phi) is 10.8. The van der Waals surface area contributed by atoms with Crippen molar-refractivity contribution in [3.63, 3.8) is 0 Å². The third-order valence-corrected chi connectivity index (χ3v) is 5.75. The van der Waals surface area contributed by atoms with Gasteiger partial charge in [0.1, 0.15) is 11.2 Å².